The Morgan fingerprint density at radius 3 is 2.20 bits per heavy atom. The van der Waals surface area contributed by atoms with Crippen molar-refractivity contribution in [1.29, 1.82) is 5.41 Å². The first-order chi connectivity index (χ1) is 14.1. The van der Waals surface area contributed by atoms with Gasteiger partial charge >= 0.3 is 0 Å². The number of rotatable bonds is 7. The van der Waals surface area contributed by atoms with Crippen LogP contribution in [0.1, 0.15) is 12.0 Å². The number of hydrogen-bond acceptors (Lipinski definition) is 2. The molecule has 0 fully saturated rings. The molecule has 0 aliphatic heterocycles. The van der Waals surface area contributed by atoms with Crippen molar-refractivity contribution in [2.75, 3.05) is 6.61 Å². The molecule has 0 radical (unpaired) electrons. The van der Waals surface area contributed by atoms with Crippen molar-refractivity contribution in [3.05, 3.63) is 93.5 Å². The molecule has 4 rings (SSSR count). The van der Waals surface area contributed by atoms with Gasteiger partial charge in [-0.25, -0.2) is 0 Å². The number of ether oxygens (including phenoxy) is 1. The first-order valence-corrected chi connectivity index (χ1v) is 10.6. The summed E-state index contributed by atoms with van der Waals surface area (Å²) in [4.78, 5) is 0. The first-order valence-electron chi connectivity index (χ1n) is 9.48. The van der Waals surface area contributed by atoms with Crippen LogP contribution in [0.15, 0.2) is 77.3 Å². The number of fused-ring (bicyclic) bond motifs is 1. The van der Waals surface area contributed by atoms with Crippen LogP contribution in [-0.2, 0) is 13.1 Å². The van der Waals surface area contributed by atoms with Crippen LogP contribution in [0, 0.1) is 5.41 Å². The molecule has 0 aliphatic rings. The topological polar surface area (TPSA) is 42.9 Å². The van der Waals surface area contributed by atoms with Crippen molar-refractivity contribution in [3.63, 3.8) is 0 Å². The van der Waals surface area contributed by atoms with E-state index in [1.165, 1.54) is 0 Å². The van der Waals surface area contributed by atoms with Crippen molar-refractivity contribution >= 4 is 51.0 Å². The van der Waals surface area contributed by atoms with Gasteiger partial charge in [-0.05, 0) is 54.4 Å². The molecule has 0 bridgehead atoms. The molecule has 1 N–H and O–H groups in total. The van der Waals surface area contributed by atoms with E-state index < -0.39 is 0 Å². The fourth-order valence-electron chi connectivity index (χ4n) is 3.42. The van der Waals surface area contributed by atoms with Crippen LogP contribution in [-0.4, -0.2) is 15.7 Å². The summed E-state index contributed by atoms with van der Waals surface area (Å²) in [6.45, 7) is 1.95. The lowest BCUT2D eigenvalue weighted by Gasteiger charge is -2.08. The van der Waals surface area contributed by atoms with Crippen molar-refractivity contribution in [2.24, 2.45) is 0 Å². The standard InChI is InChI=1S/C23H21BrClN3O.ClH/c24-20-7-2-1-6-17(20)16-28-22-9-4-3-8-21(22)27(23(28)26)14-5-15-29-19-12-10-18(25)11-13-19;/h1-4,6-13,26H,5,14-16H2;1H. The molecule has 0 saturated heterocycles. The lowest BCUT2D eigenvalue weighted by molar-refractivity contribution is 0.301. The maximum absolute atomic E-state index is 8.77. The van der Waals surface area contributed by atoms with Crippen molar-refractivity contribution in [3.8, 4) is 5.75 Å². The minimum absolute atomic E-state index is 0. The molecule has 0 atom stereocenters. The van der Waals surface area contributed by atoms with Crippen LogP contribution in [0.2, 0.25) is 5.02 Å². The van der Waals surface area contributed by atoms with Gasteiger partial charge in [-0.2, -0.15) is 0 Å². The third-order valence-electron chi connectivity index (χ3n) is 4.87. The molecule has 30 heavy (non-hydrogen) atoms. The van der Waals surface area contributed by atoms with Crippen molar-refractivity contribution < 1.29 is 4.74 Å². The van der Waals surface area contributed by atoms with Crippen LogP contribution in [0.25, 0.3) is 11.0 Å². The third kappa shape index (κ3) is 4.91. The summed E-state index contributed by atoms with van der Waals surface area (Å²) in [7, 11) is 0. The Balaban J connectivity index is 0.00000256. The van der Waals surface area contributed by atoms with E-state index in [4.69, 9.17) is 21.7 Å². The summed E-state index contributed by atoms with van der Waals surface area (Å²) in [5.41, 5.74) is 3.77. The Morgan fingerprint density at radius 2 is 1.50 bits per heavy atom. The Morgan fingerprint density at radius 1 is 0.867 bits per heavy atom. The molecule has 4 aromatic rings. The van der Waals surface area contributed by atoms with E-state index in [0.29, 0.717) is 23.8 Å². The largest absolute Gasteiger partial charge is 0.494 e. The minimum atomic E-state index is 0. The second kappa shape index (κ2) is 10.2. The SMILES string of the molecule is Cl.N=c1n(CCCOc2ccc(Cl)cc2)c2ccccc2n1Cc1ccccc1Br. The Labute approximate surface area is 195 Å². The third-order valence-corrected chi connectivity index (χ3v) is 5.89. The van der Waals surface area contributed by atoms with E-state index >= 15 is 0 Å². The first kappa shape index (κ1) is 22.5. The summed E-state index contributed by atoms with van der Waals surface area (Å²) >= 11 is 9.53. The minimum Gasteiger partial charge on any atom is -0.494 e. The summed E-state index contributed by atoms with van der Waals surface area (Å²) < 4.78 is 11.0. The van der Waals surface area contributed by atoms with E-state index in [-0.39, 0.29) is 12.4 Å². The summed E-state index contributed by atoms with van der Waals surface area (Å²) in [5.74, 6) is 0.807. The highest BCUT2D eigenvalue weighted by Gasteiger charge is 2.11. The van der Waals surface area contributed by atoms with Gasteiger partial charge in [-0.15, -0.1) is 12.4 Å². The normalized spacial score (nSPS) is 10.7. The zero-order valence-corrected chi connectivity index (χ0v) is 19.4. The number of nitrogens with zero attached hydrogens (tertiary/aromatic N) is 2. The van der Waals surface area contributed by atoms with Crippen molar-refractivity contribution in [1.82, 2.24) is 9.13 Å². The molecule has 1 heterocycles. The van der Waals surface area contributed by atoms with Gasteiger partial charge in [0.15, 0.2) is 0 Å². The van der Waals surface area contributed by atoms with E-state index in [1.807, 2.05) is 54.6 Å². The van der Waals surface area contributed by atoms with E-state index in [2.05, 4.69) is 43.3 Å². The van der Waals surface area contributed by atoms with Crippen LogP contribution in [0.5, 0.6) is 5.75 Å². The number of nitrogens with one attached hydrogen (secondary N) is 1. The molecule has 0 aliphatic carbocycles. The Bertz CT molecular complexity index is 1190. The zero-order valence-electron chi connectivity index (χ0n) is 16.2. The maximum Gasteiger partial charge on any atom is 0.203 e. The molecule has 0 unspecified atom stereocenters. The predicted molar refractivity (Wildman–Crippen MR) is 128 cm³/mol. The molecule has 1 aromatic heterocycles. The Kier molecular flexibility index (Phi) is 7.64. The highest BCUT2D eigenvalue weighted by molar-refractivity contribution is 9.10. The number of hydrogen-bond donors (Lipinski definition) is 1. The van der Waals surface area contributed by atoms with Gasteiger partial charge in [-0.1, -0.05) is 57.9 Å². The van der Waals surface area contributed by atoms with Gasteiger partial charge in [0, 0.05) is 16.0 Å². The number of aryl methyl sites for hydroxylation is 1. The molecule has 156 valence electrons. The smallest absolute Gasteiger partial charge is 0.203 e. The van der Waals surface area contributed by atoms with Crippen LogP contribution in [0.3, 0.4) is 0 Å². The Hall–Kier alpha value is -2.21. The molecule has 0 spiro atoms. The monoisotopic (exact) mass is 505 g/mol. The van der Waals surface area contributed by atoms with Crippen LogP contribution < -0.4 is 10.4 Å². The van der Waals surface area contributed by atoms with E-state index in [9.17, 15) is 0 Å². The second-order valence-corrected chi connectivity index (χ2v) is 8.09. The molecule has 4 nitrogen and oxygen atoms in total. The van der Waals surface area contributed by atoms with Crippen LogP contribution in [0.4, 0.5) is 0 Å². The fourth-order valence-corrected chi connectivity index (χ4v) is 3.96. The molecule has 3 aromatic carbocycles. The number of benzene rings is 3. The van der Waals surface area contributed by atoms with Gasteiger partial charge in [0.1, 0.15) is 5.75 Å². The van der Waals surface area contributed by atoms with Gasteiger partial charge in [0.05, 0.1) is 24.2 Å². The highest BCUT2D eigenvalue weighted by atomic mass is 79.9. The predicted octanol–water partition coefficient (Wildman–Crippen LogP) is 6.28. The summed E-state index contributed by atoms with van der Waals surface area (Å²) in [6.07, 6.45) is 0.808. The number of halogens is 3. The molecule has 0 saturated carbocycles. The fraction of sp³-hybridized carbons (Fsp3) is 0.174. The van der Waals surface area contributed by atoms with E-state index in [0.717, 1.165) is 39.8 Å². The number of para-hydroxylation sites is 2. The quantitative estimate of drug-likeness (QED) is 0.294. The van der Waals surface area contributed by atoms with Gasteiger partial charge in [0.25, 0.3) is 0 Å². The van der Waals surface area contributed by atoms with E-state index in [1.54, 1.807) is 0 Å². The average molecular weight is 507 g/mol. The molecule has 0 amide bonds. The highest BCUT2D eigenvalue weighted by Crippen LogP contribution is 2.20. The lowest BCUT2D eigenvalue weighted by atomic mass is 10.2. The lowest BCUT2D eigenvalue weighted by Crippen LogP contribution is -2.25. The van der Waals surface area contributed by atoms with Gasteiger partial charge < -0.3 is 13.9 Å². The zero-order chi connectivity index (χ0) is 20.2. The molecular weight excluding hydrogens is 485 g/mol. The summed E-state index contributed by atoms with van der Waals surface area (Å²) in [5, 5.41) is 9.47. The van der Waals surface area contributed by atoms with Gasteiger partial charge in [-0.3, -0.25) is 5.41 Å². The average Bonchev–Trinajstić information content (AvgIpc) is 3.00. The molecular formula is C23H22BrCl2N3O. The van der Waals surface area contributed by atoms with Gasteiger partial charge in [0.2, 0.25) is 5.62 Å². The maximum atomic E-state index is 8.77. The number of aromatic nitrogens is 2. The second-order valence-electron chi connectivity index (χ2n) is 6.80. The number of imidazole rings is 1. The van der Waals surface area contributed by atoms with Crippen LogP contribution >= 0.6 is 39.9 Å². The molecule has 7 heteroatoms. The summed E-state index contributed by atoms with van der Waals surface area (Å²) in [6, 6.07) is 23.7. The van der Waals surface area contributed by atoms with Crippen molar-refractivity contribution in [2.45, 2.75) is 19.5 Å².